The summed E-state index contributed by atoms with van der Waals surface area (Å²) >= 11 is 0. The van der Waals surface area contributed by atoms with Crippen molar-refractivity contribution >= 4 is 11.0 Å². The minimum atomic E-state index is -1.48. The van der Waals surface area contributed by atoms with Crippen LogP contribution in [0, 0.1) is 11.8 Å². The highest BCUT2D eigenvalue weighted by Crippen LogP contribution is 2.42. The lowest BCUT2D eigenvalue weighted by atomic mass is 9.83. The van der Waals surface area contributed by atoms with Gasteiger partial charge in [-0.3, -0.25) is 9.55 Å². The van der Waals surface area contributed by atoms with Crippen molar-refractivity contribution in [1.29, 1.82) is 0 Å². The fourth-order valence-electron chi connectivity index (χ4n) is 9.59. The molecule has 2 aliphatic rings. The Hall–Kier alpha value is -6.26. The second-order valence-corrected chi connectivity index (χ2v) is 18.4. The Morgan fingerprint density at radius 2 is 1.24 bits per heavy atom. The molecule has 8 aromatic rings. The van der Waals surface area contributed by atoms with Crippen LogP contribution in [0.3, 0.4) is 0 Å². The fraction of sp³-hybridized carbons (Fsp3) is 0.276. The largest absolute Gasteiger partial charge is 0.507 e. The number of nitrogens with zero attached hydrogens (tertiary/aromatic N) is 3. The Kier molecular flexibility index (Phi) is 9.63. The molecule has 0 aliphatic heterocycles. The lowest BCUT2D eigenvalue weighted by Crippen LogP contribution is -2.11. The predicted octanol–water partition coefficient (Wildman–Crippen LogP) is 15.2. The number of aromatic nitrogens is 3. The van der Waals surface area contributed by atoms with Crippen LogP contribution in [-0.4, -0.2) is 19.6 Å². The molecule has 0 radical (unpaired) electrons. The van der Waals surface area contributed by atoms with Crippen molar-refractivity contribution in [3.8, 4) is 67.5 Å². The molecule has 62 heavy (non-hydrogen) atoms. The number of para-hydroxylation sites is 2. The van der Waals surface area contributed by atoms with E-state index < -0.39 is 12.7 Å². The summed E-state index contributed by atoms with van der Waals surface area (Å²) in [5, 5.41) is 11.5. The first-order valence-corrected chi connectivity index (χ1v) is 22.5. The Bertz CT molecular complexity index is 3050. The predicted molar refractivity (Wildman–Crippen MR) is 258 cm³/mol. The first kappa shape index (κ1) is 35.3. The van der Waals surface area contributed by atoms with Crippen LogP contribution < -0.4 is 0 Å². The maximum absolute atomic E-state index is 11.5. The van der Waals surface area contributed by atoms with E-state index in [-0.39, 0.29) is 23.0 Å². The van der Waals surface area contributed by atoms with Crippen LogP contribution in [-0.2, 0) is 18.2 Å². The van der Waals surface area contributed by atoms with E-state index in [1.54, 1.807) is 6.07 Å². The van der Waals surface area contributed by atoms with E-state index in [2.05, 4.69) is 79.9 Å². The number of hydrogen-bond acceptors (Lipinski definition) is 3. The van der Waals surface area contributed by atoms with Crippen molar-refractivity contribution in [2.45, 2.75) is 90.3 Å². The van der Waals surface area contributed by atoms with Gasteiger partial charge >= 0.3 is 0 Å². The SMILES string of the molecule is [2H]C([2H])(c1ccc(-c2ccnc(-c3cc(-c4cccc5c4nc(-c4ccccc4O)n5-c4ccc(C([2H])([2H])C5CCCC5)cc4-c4ccccc4)cc(C(C)(C)C)c3)c2)cc1)C1CCCC1. The first-order valence-electron chi connectivity index (χ1n) is 24.5. The number of phenolic OH excluding ortho intramolecular Hbond substituents is 1. The van der Waals surface area contributed by atoms with Gasteiger partial charge in [-0.2, -0.15) is 0 Å². The van der Waals surface area contributed by atoms with Gasteiger partial charge in [0.05, 0.1) is 28.0 Å². The van der Waals surface area contributed by atoms with Crippen molar-refractivity contribution in [3.05, 3.63) is 168 Å². The van der Waals surface area contributed by atoms with E-state index in [4.69, 9.17) is 12.7 Å². The second kappa shape index (κ2) is 16.9. The Morgan fingerprint density at radius 1 is 0.581 bits per heavy atom. The van der Waals surface area contributed by atoms with E-state index in [1.165, 1.54) is 0 Å². The number of fused-ring (bicyclic) bond motifs is 1. The normalized spacial score (nSPS) is 16.3. The quantitative estimate of drug-likeness (QED) is 0.150. The average molecular weight is 816 g/mol. The third-order valence-corrected chi connectivity index (χ3v) is 13.0. The summed E-state index contributed by atoms with van der Waals surface area (Å²) in [7, 11) is 0. The second-order valence-electron chi connectivity index (χ2n) is 18.4. The lowest BCUT2D eigenvalue weighted by Gasteiger charge is -2.22. The first-order chi connectivity index (χ1) is 31.8. The molecule has 4 nitrogen and oxygen atoms in total. The average Bonchev–Trinajstić information content (AvgIpc) is 4.15. The molecule has 0 spiro atoms. The monoisotopic (exact) mass is 815 g/mol. The molecule has 4 heteroatoms. The van der Waals surface area contributed by atoms with Gasteiger partial charge in [-0.05, 0) is 124 Å². The van der Waals surface area contributed by atoms with Gasteiger partial charge in [0.1, 0.15) is 11.6 Å². The molecule has 0 amide bonds. The van der Waals surface area contributed by atoms with Crippen molar-refractivity contribution in [2.24, 2.45) is 11.8 Å². The zero-order valence-corrected chi connectivity index (χ0v) is 36.0. The summed E-state index contributed by atoms with van der Waals surface area (Å²) in [6.45, 7) is 6.67. The third-order valence-electron chi connectivity index (χ3n) is 13.0. The third kappa shape index (κ3) is 8.11. The number of benzene rings is 6. The van der Waals surface area contributed by atoms with Crippen LogP contribution in [0.1, 0.15) is 94.3 Å². The minimum absolute atomic E-state index is 0.0290. The van der Waals surface area contributed by atoms with Gasteiger partial charge in [0.2, 0.25) is 0 Å². The van der Waals surface area contributed by atoms with Gasteiger partial charge in [-0.25, -0.2) is 4.98 Å². The van der Waals surface area contributed by atoms with E-state index in [0.717, 1.165) is 124 Å². The Balaban J connectivity index is 1.12. The molecule has 2 aromatic heterocycles. The zero-order chi connectivity index (χ0) is 45.8. The molecular weight excluding hydrogens is 755 g/mol. The van der Waals surface area contributed by atoms with Crippen LogP contribution >= 0.6 is 0 Å². The van der Waals surface area contributed by atoms with Gasteiger partial charge in [0.15, 0.2) is 0 Å². The number of rotatable bonds is 10. The van der Waals surface area contributed by atoms with Gasteiger partial charge in [-0.1, -0.05) is 163 Å². The number of aromatic hydroxyl groups is 1. The summed E-state index contributed by atoms with van der Waals surface area (Å²) in [6, 6.07) is 48.7. The summed E-state index contributed by atoms with van der Waals surface area (Å²) in [6.07, 6.45) is 7.00. The highest BCUT2D eigenvalue weighted by molar-refractivity contribution is 5.97. The molecule has 10 rings (SSSR count). The smallest absolute Gasteiger partial charge is 0.149 e. The molecule has 2 fully saturated rings. The number of phenols is 1. The van der Waals surface area contributed by atoms with Crippen LogP contribution in [0.4, 0.5) is 0 Å². The molecule has 1 N–H and O–H groups in total. The molecular formula is C58H57N3O. The highest BCUT2D eigenvalue weighted by Gasteiger charge is 2.25. The fourth-order valence-corrected chi connectivity index (χ4v) is 9.59. The molecule has 0 unspecified atom stereocenters. The molecule has 2 heterocycles. The van der Waals surface area contributed by atoms with Crippen LogP contribution in [0.15, 0.2) is 152 Å². The van der Waals surface area contributed by atoms with Crippen LogP contribution in [0.25, 0.3) is 72.7 Å². The van der Waals surface area contributed by atoms with Crippen molar-refractivity contribution in [3.63, 3.8) is 0 Å². The molecule has 0 bridgehead atoms. The van der Waals surface area contributed by atoms with E-state index in [9.17, 15) is 7.85 Å². The molecule has 310 valence electrons. The maximum atomic E-state index is 11.5. The van der Waals surface area contributed by atoms with E-state index in [1.807, 2.05) is 91.1 Å². The number of hydrogen-bond donors (Lipinski definition) is 1. The summed E-state index contributed by atoms with van der Waals surface area (Å²) in [5.41, 5.74) is 13.1. The molecule has 0 atom stereocenters. The summed E-state index contributed by atoms with van der Waals surface area (Å²) < 4.78 is 38.8. The molecule has 6 aromatic carbocycles. The maximum Gasteiger partial charge on any atom is 0.149 e. The lowest BCUT2D eigenvalue weighted by molar-refractivity contribution is 0.477. The van der Waals surface area contributed by atoms with Crippen molar-refractivity contribution in [2.75, 3.05) is 0 Å². The van der Waals surface area contributed by atoms with Crippen LogP contribution in [0.5, 0.6) is 5.75 Å². The van der Waals surface area contributed by atoms with E-state index >= 15 is 0 Å². The van der Waals surface area contributed by atoms with Crippen LogP contribution in [0.2, 0.25) is 0 Å². The van der Waals surface area contributed by atoms with Crippen molar-refractivity contribution < 1.29 is 10.6 Å². The van der Waals surface area contributed by atoms with E-state index in [0.29, 0.717) is 17.0 Å². The standard InChI is InChI=1S/C58H57N3O/c1-58(2,3)48-36-46(35-47(37-48)52-38-45(30-31-59-52)43-27-24-41(25-28-43)32-39-14-7-8-15-39)49-21-13-22-54-56(49)60-57(50-20-11-12-23-55(50)62)61(54)53-29-26-42(33-40-16-9-10-17-40)34-51(53)44-18-5-4-6-19-44/h4-6,11-13,18-31,34-40,62H,7-10,14-17,32-33H2,1-3H3/i32D2,33D2. The van der Waals surface area contributed by atoms with Gasteiger partial charge in [0.25, 0.3) is 0 Å². The highest BCUT2D eigenvalue weighted by atomic mass is 16.3. The summed E-state index contributed by atoms with van der Waals surface area (Å²) in [4.78, 5) is 10.4. The number of imidazole rings is 1. The molecule has 2 aliphatic carbocycles. The van der Waals surface area contributed by atoms with Crippen molar-refractivity contribution in [1.82, 2.24) is 14.5 Å². The minimum Gasteiger partial charge on any atom is -0.507 e. The molecule has 0 saturated heterocycles. The topological polar surface area (TPSA) is 50.9 Å². The molecule has 2 saturated carbocycles. The van der Waals surface area contributed by atoms with Gasteiger partial charge < -0.3 is 5.11 Å². The number of pyridine rings is 1. The Morgan fingerprint density at radius 3 is 1.97 bits per heavy atom. The van der Waals surface area contributed by atoms with Gasteiger partial charge in [0, 0.05) is 28.4 Å². The van der Waals surface area contributed by atoms with Gasteiger partial charge in [-0.15, -0.1) is 0 Å². The summed E-state index contributed by atoms with van der Waals surface area (Å²) in [5.74, 6) is 0.744. The Labute approximate surface area is 373 Å². The zero-order valence-electron chi connectivity index (χ0n) is 40.0.